The molecule has 5 heteroatoms. The first-order valence-electron chi connectivity index (χ1n) is 6.63. The lowest BCUT2D eigenvalue weighted by molar-refractivity contribution is 0.186. The van der Waals surface area contributed by atoms with Gasteiger partial charge < -0.3 is 16.2 Å². The van der Waals surface area contributed by atoms with Crippen LogP contribution in [-0.4, -0.2) is 24.2 Å². The number of aliphatic hydroxyl groups is 1. The van der Waals surface area contributed by atoms with Gasteiger partial charge in [-0.05, 0) is 30.4 Å². The Bertz CT molecular complexity index is 446. The zero-order valence-corrected chi connectivity index (χ0v) is 12.4. The highest BCUT2D eigenvalue weighted by molar-refractivity contribution is 9.10. The molecule has 0 bridgehead atoms. The molecule has 0 heterocycles. The molecule has 0 aromatic heterocycles. The van der Waals surface area contributed by atoms with Crippen molar-refractivity contribution in [3.8, 4) is 0 Å². The third-order valence-corrected chi connectivity index (χ3v) is 4.22. The smallest absolute Gasteiger partial charge is 0.188 e. The molecule has 0 saturated heterocycles. The van der Waals surface area contributed by atoms with Crippen molar-refractivity contribution in [1.29, 1.82) is 0 Å². The highest BCUT2D eigenvalue weighted by atomic mass is 79.9. The van der Waals surface area contributed by atoms with Gasteiger partial charge in [0.1, 0.15) is 0 Å². The van der Waals surface area contributed by atoms with Crippen LogP contribution in [0.1, 0.15) is 30.9 Å². The van der Waals surface area contributed by atoms with Crippen molar-refractivity contribution in [1.82, 2.24) is 5.32 Å². The van der Waals surface area contributed by atoms with Crippen molar-refractivity contribution in [2.24, 2.45) is 16.6 Å². The predicted molar refractivity (Wildman–Crippen MR) is 80.9 cm³/mol. The summed E-state index contributed by atoms with van der Waals surface area (Å²) < 4.78 is 0.888. The largest absolute Gasteiger partial charge is 0.386 e. The topological polar surface area (TPSA) is 70.6 Å². The third kappa shape index (κ3) is 4.21. The molecule has 1 aromatic rings. The van der Waals surface area contributed by atoms with Crippen LogP contribution in [0, 0.1) is 5.92 Å². The minimum absolute atomic E-state index is 0.270. The first-order valence-corrected chi connectivity index (χ1v) is 7.42. The Morgan fingerprint density at radius 2 is 2.21 bits per heavy atom. The fourth-order valence-corrected chi connectivity index (χ4v) is 2.58. The Kier molecular flexibility index (Phi) is 5.22. The Morgan fingerprint density at radius 1 is 1.47 bits per heavy atom. The number of aliphatic imine (C=N–C) groups is 1. The monoisotopic (exact) mass is 325 g/mol. The molecule has 0 spiro atoms. The lowest BCUT2D eigenvalue weighted by Crippen LogP contribution is -2.37. The molecule has 1 aromatic carbocycles. The maximum Gasteiger partial charge on any atom is 0.188 e. The van der Waals surface area contributed by atoms with E-state index in [4.69, 9.17) is 5.73 Å². The Morgan fingerprint density at radius 3 is 2.84 bits per heavy atom. The van der Waals surface area contributed by atoms with Crippen LogP contribution in [0.3, 0.4) is 0 Å². The van der Waals surface area contributed by atoms with Gasteiger partial charge in [0.2, 0.25) is 0 Å². The van der Waals surface area contributed by atoms with Gasteiger partial charge in [-0.25, -0.2) is 0 Å². The molecular weight excluding hydrogens is 306 g/mol. The summed E-state index contributed by atoms with van der Waals surface area (Å²) in [6, 6.07) is 7.59. The minimum atomic E-state index is -0.639. The molecule has 4 nitrogen and oxygen atoms in total. The van der Waals surface area contributed by atoms with E-state index in [9.17, 15) is 5.11 Å². The lowest BCUT2D eigenvalue weighted by atomic mass is 9.85. The second-order valence-electron chi connectivity index (χ2n) is 4.94. The molecular formula is C14H20BrN3O. The predicted octanol–water partition coefficient (Wildman–Crippen LogP) is 2.19. The number of rotatable bonds is 5. The average Bonchev–Trinajstić information content (AvgIpc) is 2.34. The second-order valence-corrected chi connectivity index (χ2v) is 5.80. The molecule has 2 rings (SSSR count). The molecule has 1 aliphatic carbocycles. The quantitative estimate of drug-likeness (QED) is 0.574. The van der Waals surface area contributed by atoms with Gasteiger partial charge in [0.15, 0.2) is 5.96 Å². The summed E-state index contributed by atoms with van der Waals surface area (Å²) in [7, 11) is 0. The van der Waals surface area contributed by atoms with E-state index in [-0.39, 0.29) is 6.54 Å². The Balaban J connectivity index is 1.81. The molecule has 1 aliphatic rings. The van der Waals surface area contributed by atoms with Crippen LogP contribution in [0.2, 0.25) is 0 Å². The van der Waals surface area contributed by atoms with Crippen molar-refractivity contribution in [3.63, 3.8) is 0 Å². The first kappa shape index (κ1) is 14.3. The Hall–Kier alpha value is -1.07. The van der Waals surface area contributed by atoms with Gasteiger partial charge in [0, 0.05) is 11.0 Å². The normalized spacial score (nSPS) is 17.9. The van der Waals surface area contributed by atoms with Crippen LogP contribution in [0.25, 0.3) is 0 Å². The van der Waals surface area contributed by atoms with Gasteiger partial charge >= 0.3 is 0 Å². The summed E-state index contributed by atoms with van der Waals surface area (Å²) >= 11 is 3.42. The van der Waals surface area contributed by atoms with Crippen LogP contribution in [-0.2, 0) is 0 Å². The molecule has 104 valence electrons. The van der Waals surface area contributed by atoms with Crippen LogP contribution < -0.4 is 11.1 Å². The van der Waals surface area contributed by atoms with Crippen molar-refractivity contribution < 1.29 is 5.11 Å². The van der Waals surface area contributed by atoms with E-state index in [1.54, 1.807) is 0 Å². The highest BCUT2D eigenvalue weighted by Gasteiger charge is 2.17. The van der Waals surface area contributed by atoms with Crippen LogP contribution >= 0.6 is 15.9 Å². The summed E-state index contributed by atoms with van der Waals surface area (Å²) in [5, 5.41) is 13.2. The standard InChI is InChI=1S/C14H20BrN3O/c15-12-7-2-1-6-11(12)13(19)9-18-14(16)17-8-10-4-3-5-10/h1-2,6-7,10,13,19H,3-5,8-9H2,(H3,16,17,18). The van der Waals surface area contributed by atoms with E-state index in [0.717, 1.165) is 22.5 Å². The molecule has 1 saturated carbocycles. The summed E-state index contributed by atoms with van der Waals surface area (Å²) in [6.07, 6.45) is 3.24. The number of nitrogens with one attached hydrogen (secondary N) is 1. The number of guanidine groups is 1. The second kappa shape index (κ2) is 6.91. The van der Waals surface area contributed by atoms with Gasteiger partial charge in [-0.2, -0.15) is 0 Å². The van der Waals surface area contributed by atoms with E-state index in [1.807, 2.05) is 24.3 Å². The zero-order valence-electron chi connectivity index (χ0n) is 10.8. The van der Waals surface area contributed by atoms with Crippen molar-refractivity contribution in [2.45, 2.75) is 25.4 Å². The van der Waals surface area contributed by atoms with Crippen molar-refractivity contribution in [2.75, 3.05) is 13.1 Å². The minimum Gasteiger partial charge on any atom is -0.386 e. The van der Waals surface area contributed by atoms with E-state index < -0.39 is 6.10 Å². The van der Waals surface area contributed by atoms with Crippen molar-refractivity contribution >= 4 is 21.9 Å². The van der Waals surface area contributed by atoms with Gasteiger partial charge in [-0.15, -0.1) is 0 Å². The van der Waals surface area contributed by atoms with E-state index in [0.29, 0.717) is 5.96 Å². The third-order valence-electron chi connectivity index (χ3n) is 3.50. The number of aliphatic hydroxyl groups excluding tert-OH is 1. The zero-order chi connectivity index (χ0) is 13.7. The average molecular weight is 326 g/mol. The maximum absolute atomic E-state index is 10.1. The molecule has 1 fully saturated rings. The Labute approximate surface area is 122 Å². The number of nitrogens with zero attached hydrogens (tertiary/aromatic N) is 1. The number of nitrogens with two attached hydrogens (primary N) is 1. The summed E-state index contributed by atoms with van der Waals surface area (Å²) in [5.74, 6) is 1.15. The van der Waals surface area contributed by atoms with E-state index >= 15 is 0 Å². The number of hydrogen-bond donors (Lipinski definition) is 3. The molecule has 4 N–H and O–H groups in total. The molecule has 0 radical (unpaired) electrons. The molecule has 1 unspecified atom stereocenters. The summed E-state index contributed by atoms with van der Waals surface area (Å²) in [5.41, 5.74) is 6.61. The molecule has 0 aliphatic heterocycles. The SMILES string of the molecule is NC(=NCC(O)c1ccccc1Br)NCC1CCC1. The fraction of sp³-hybridized carbons (Fsp3) is 0.500. The maximum atomic E-state index is 10.1. The summed E-state index contributed by atoms with van der Waals surface area (Å²) in [4.78, 5) is 4.18. The summed E-state index contributed by atoms with van der Waals surface area (Å²) in [6.45, 7) is 1.16. The highest BCUT2D eigenvalue weighted by Crippen LogP contribution is 2.25. The van der Waals surface area contributed by atoms with Crippen LogP contribution in [0.5, 0.6) is 0 Å². The van der Waals surface area contributed by atoms with E-state index in [1.165, 1.54) is 19.3 Å². The van der Waals surface area contributed by atoms with Crippen molar-refractivity contribution in [3.05, 3.63) is 34.3 Å². The van der Waals surface area contributed by atoms with Crippen LogP contribution in [0.4, 0.5) is 0 Å². The number of halogens is 1. The number of benzene rings is 1. The van der Waals surface area contributed by atoms with Gasteiger partial charge in [-0.1, -0.05) is 40.5 Å². The molecule has 0 amide bonds. The molecule has 1 atom stereocenters. The first-order chi connectivity index (χ1) is 9.16. The molecule has 19 heavy (non-hydrogen) atoms. The fourth-order valence-electron chi connectivity index (χ4n) is 2.03. The van der Waals surface area contributed by atoms with Crippen LogP contribution in [0.15, 0.2) is 33.7 Å². The van der Waals surface area contributed by atoms with Gasteiger partial charge in [0.25, 0.3) is 0 Å². The van der Waals surface area contributed by atoms with E-state index in [2.05, 4.69) is 26.2 Å². The number of hydrogen-bond acceptors (Lipinski definition) is 2. The van der Waals surface area contributed by atoms with Gasteiger partial charge in [-0.3, -0.25) is 4.99 Å². The lowest BCUT2D eigenvalue weighted by Gasteiger charge is -2.25. The van der Waals surface area contributed by atoms with Gasteiger partial charge in [0.05, 0.1) is 12.6 Å².